The average molecular weight is 339 g/mol. The minimum absolute atomic E-state index is 0.0663. The molecule has 4 rings (SSSR count). The highest BCUT2D eigenvalue weighted by molar-refractivity contribution is 6.08. The number of aryl methyl sites for hydroxylation is 1. The van der Waals surface area contributed by atoms with E-state index in [-0.39, 0.29) is 5.78 Å². The Balaban J connectivity index is 1.86. The van der Waals surface area contributed by atoms with Crippen molar-refractivity contribution < 1.29 is 4.79 Å². The van der Waals surface area contributed by atoms with Crippen molar-refractivity contribution in [2.24, 2.45) is 0 Å². The predicted octanol–water partition coefficient (Wildman–Crippen LogP) is 4.51. The van der Waals surface area contributed by atoms with Gasteiger partial charge in [-0.05, 0) is 19.1 Å². The zero-order chi connectivity index (χ0) is 17.9. The van der Waals surface area contributed by atoms with Gasteiger partial charge in [0, 0.05) is 17.2 Å². The second-order valence-electron chi connectivity index (χ2n) is 6.12. The van der Waals surface area contributed by atoms with Crippen molar-refractivity contribution in [3.63, 3.8) is 0 Å². The molecule has 1 aromatic heterocycles. The molecule has 0 saturated carbocycles. The molecule has 3 aromatic carbocycles. The number of nitrogens with zero attached hydrogens (tertiary/aromatic N) is 3. The molecule has 0 aliphatic heterocycles. The number of hydrogen-bond acceptors (Lipinski definition) is 3. The van der Waals surface area contributed by atoms with E-state index in [4.69, 9.17) is 0 Å². The van der Waals surface area contributed by atoms with Crippen molar-refractivity contribution in [1.29, 1.82) is 0 Å². The molecule has 0 aliphatic carbocycles. The fourth-order valence-corrected chi connectivity index (χ4v) is 2.85. The molecule has 0 fully saturated rings. The Bertz CT molecular complexity index is 1090. The molecule has 0 atom stereocenters. The van der Waals surface area contributed by atoms with Gasteiger partial charge in [0.05, 0.1) is 11.2 Å². The Labute approximate surface area is 151 Å². The van der Waals surface area contributed by atoms with E-state index >= 15 is 0 Å². The van der Waals surface area contributed by atoms with E-state index in [1.165, 1.54) is 0 Å². The Morgan fingerprint density at radius 1 is 0.846 bits per heavy atom. The van der Waals surface area contributed by atoms with Gasteiger partial charge in [0.1, 0.15) is 5.52 Å². The summed E-state index contributed by atoms with van der Waals surface area (Å²) in [7, 11) is 0. The Morgan fingerprint density at radius 3 is 2.31 bits per heavy atom. The number of para-hydroxylation sites is 1. The van der Waals surface area contributed by atoms with Gasteiger partial charge in [-0.3, -0.25) is 4.79 Å². The van der Waals surface area contributed by atoms with Crippen LogP contribution in [0.25, 0.3) is 16.7 Å². The lowest BCUT2D eigenvalue weighted by molar-refractivity contribution is 0.104. The Hall–Kier alpha value is -3.53. The van der Waals surface area contributed by atoms with Crippen molar-refractivity contribution in [2.45, 2.75) is 6.92 Å². The van der Waals surface area contributed by atoms with E-state index in [0.29, 0.717) is 11.3 Å². The second-order valence-corrected chi connectivity index (χ2v) is 6.12. The number of rotatable bonds is 4. The third-order valence-corrected chi connectivity index (χ3v) is 4.25. The van der Waals surface area contributed by atoms with E-state index in [2.05, 4.69) is 10.3 Å². The fraction of sp³-hybridized carbons (Fsp3) is 0.0455. The van der Waals surface area contributed by atoms with Gasteiger partial charge in [-0.25, -0.2) is 4.68 Å². The highest BCUT2D eigenvalue weighted by Crippen LogP contribution is 2.22. The molecule has 1 heterocycles. The molecule has 126 valence electrons. The van der Waals surface area contributed by atoms with Crippen LogP contribution in [-0.2, 0) is 0 Å². The summed E-state index contributed by atoms with van der Waals surface area (Å²) in [5, 5.41) is 8.50. The van der Waals surface area contributed by atoms with Gasteiger partial charge in [0.2, 0.25) is 0 Å². The molecule has 0 bridgehead atoms. The zero-order valence-electron chi connectivity index (χ0n) is 14.3. The van der Waals surface area contributed by atoms with Crippen molar-refractivity contribution in [3.05, 3.63) is 102 Å². The zero-order valence-corrected chi connectivity index (χ0v) is 14.3. The van der Waals surface area contributed by atoms with Gasteiger partial charge in [-0.1, -0.05) is 77.5 Å². The molecular weight excluding hydrogens is 322 g/mol. The highest BCUT2D eigenvalue weighted by atomic mass is 16.1. The standard InChI is InChI=1S/C22H17N3O/c1-16-11-13-18(14-12-16)22(26)15-21(17-7-3-2-4-8-17)25-20-10-6-5-9-19(20)23-24-25/h2-15H,1H3/b21-15+. The minimum atomic E-state index is -0.0663. The van der Waals surface area contributed by atoms with Crippen LogP contribution in [-0.4, -0.2) is 20.8 Å². The Kier molecular flexibility index (Phi) is 4.15. The van der Waals surface area contributed by atoms with Crippen molar-refractivity contribution >= 4 is 22.5 Å². The van der Waals surface area contributed by atoms with Gasteiger partial charge >= 0.3 is 0 Å². The molecule has 0 saturated heterocycles. The predicted molar refractivity (Wildman–Crippen MR) is 103 cm³/mol. The number of carbonyl (C=O) groups excluding carboxylic acids is 1. The van der Waals surface area contributed by atoms with Gasteiger partial charge < -0.3 is 0 Å². The summed E-state index contributed by atoms with van der Waals surface area (Å²) in [6, 6.07) is 25.0. The number of aromatic nitrogens is 3. The molecule has 4 heteroatoms. The van der Waals surface area contributed by atoms with Crippen LogP contribution < -0.4 is 0 Å². The first-order valence-corrected chi connectivity index (χ1v) is 8.41. The van der Waals surface area contributed by atoms with E-state index in [1.54, 1.807) is 10.8 Å². The van der Waals surface area contributed by atoms with Gasteiger partial charge in [-0.15, -0.1) is 5.10 Å². The van der Waals surface area contributed by atoms with E-state index in [9.17, 15) is 4.79 Å². The monoisotopic (exact) mass is 339 g/mol. The SMILES string of the molecule is Cc1ccc(C(=O)/C=C(\c2ccccc2)n2nnc3ccccc32)cc1. The fourth-order valence-electron chi connectivity index (χ4n) is 2.85. The molecule has 0 aliphatic rings. The van der Waals surface area contributed by atoms with Crippen LogP contribution in [0.1, 0.15) is 21.5 Å². The lowest BCUT2D eigenvalue weighted by Crippen LogP contribution is -2.05. The first-order chi connectivity index (χ1) is 12.7. The summed E-state index contributed by atoms with van der Waals surface area (Å²) in [4.78, 5) is 12.8. The van der Waals surface area contributed by atoms with Crippen LogP contribution in [0.3, 0.4) is 0 Å². The molecule has 4 aromatic rings. The number of allylic oxidation sites excluding steroid dienone is 1. The summed E-state index contributed by atoms with van der Waals surface area (Å²) in [6.07, 6.45) is 1.63. The van der Waals surface area contributed by atoms with Gasteiger partial charge in [0.15, 0.2) is 5.78 Å². The van der Waals surface area contributed by atoms with Crippen LogP contribution >= 0.6 is 0 Å². The number of hydrogen-bond donors (Lipinski definition) is 0. The number of ketones is 1. The van der Waals surface area contributed by atoms with Crippen molar-refractivity contribution in [3.8, 4) is 0 Å². The van der Waals surface area contributed by atoms with Crippen LogP contribution in [0.4, 0.5) is 0 Å². The quantitative estimate of drug-likeness (QED) is 0.406. The summed E-state index contributed by atoms with van der Waals surface area (Å²) >= 11 is 0. The smallest absolute Gasteiger partial charge is 0.188 e. The third-order valence-electron chi connectivity index (χ3n) is 4.25. The maximum atomic E-state index is 12.8. The molecule has 0 N–H and O–H groups in total. The molecular formula is C22H17N3O. The lowest BCUT2D eigenvalue weighted by Gasteiger charge is -2.09. The molecule has 0 spiro atoms. The average Bonchev–Trinajstić information content (AvgIpc) is 3.11. The maximum Gasteiger partial charge on any atom is 0.188 e. The van der Waals surface area contributed by atoms with E-state index in [1.807, 2.05) is 85.8 Å². The Morgan fingerprint density at radius 2 is 1.54 bits per heavy atom. The number of carbonyl (C=O) groups is 1. The summed E-state index contributed by atoms with van der Waals surface area (Å²) in [5.74, 6) is -0.0663. The van der Waals surface area contributed by atoms with Crippen LogP contribution in [0.15, 0.2) is 84.9 Å². The molecule has 0 radical (unpaired) electrons. The minimum Gasteiger partial charge on any atom is -0.289 e. The molecule has 0 unspecified atom stereocenters. The van der Waals surface area contributed by atoms with Crippen LogP contribution in [0, 0.1) is 6.92 Å². The number of benzene rings is 3. The van der Waals surface area contributed by atoms with Crippen molar-refractivity contribution in [1.82, 2.24) is 15.0 Å². The lowest BCUT2D eigenvalue weighted by atomic mass is 10.1. The second kappa shape index (κ2) is 6.76. The molecule has 26 heavy (non-hydrogen) atoms. The molecule has 0 amide bonds. The topological polar surface area (TPSA) is 47.8 Å². The van der Waals surface area contributed by atoms with E-state index in [0.717, 1.165) is 22.2 Å². The first kappa shape index (κ1) is 16.0. The largest absolute Gasteiger partial charge is 0.289 e. The highest BCUT2D eigenvalue weighted by Gasteiger charge is 2.13. The molecule has 4 nitrogen and oxygen atoms in total. The van der Waals surface area contributed by atoms with Crippen LogP contribution in [0.5, 0.6) is 0 Å². The van der Waals surface area contributed by atoms with Crippen molar-refractivity contribution in [2.75, 3.05) is 0 Å². The van der Waals surface area contributed by atoms with Gasteiger partial charge in [-0.2, -0.15) is 0 Å². The third kappa shape index (κ3) is 3.05. The van der Waals surface area contributed by atoms with Gasteiger partial charge in [0.25, 0.3) is 0 Å². The summed E-state index contributed by atoms with van der Waals surface area (Å²) < 4.78 is 1.72. The van der Waals surface area contributed by atoms with E-state index < -0.39 is 0 Å². The normalized spacial score (nSPS) is 11.7. The summed E-state index contributed by atoms with van der Waals surface area (Å²) in [6.45, 7) is 2.00. The van der Waals surface area contributed by atoms with Crippen LogP contribution in [0.2, 0.25) is 0 Å². The summed E-state index contributed by atoms with van der Waals surface area (Å²) in [5.41, 5.74) is 5.02. The first-order valence-electron chi connectivity index (χ1n) is 8.41. The number of fused-ring (bicyclic) bond motifs is 1. The maximum absolute atomic E-state index is 12.8.